The van der Waals surface area contributed by atoms with E-state index in [-0.39, 0.29) is 11.8 Å². The first-order chi connectivity index (χ1) is 16.2. The van der Waals surface area contributed by atoms with E-state index in [0.29, 0.717) is 5.75 Å². The Kier molecular flexibility index (Phi) is 5.63. The van der Waals surface area contributed by atoms with E-state index in [2.05, 4.69) is 6.07 Å². The van der Waals surface area contributed by atoms with Crippen LogP contribution >= 0.6 is 0 Å². The number of benzene rings is 3. The quantitative estimate of drug-likeness (QED) is 0.438. The Morgan fingerprint density at radius 2 is 1.70 bits per heavy atom. The van der Waals surface area contributed by atoms with Crippen LogP contribution in [0.25, 0.3) is 16.6 Å². The van der Waals surface area contributed by atoms with Gasteiger partial charge in [0.2, 0.25) is 5.91 Å². The lowest BCUT2D eigenvalue weighted by molar-refractivity contribution is -0.124. The van der Waals surface area contributed by atoms with Crippen LogP contribution in [-0.2, 0) is 10.2 Å². The van der Waals surface area contributed by atoms with Crippen LogP contribution in [-0.4, -0.2) is 22.8 Å². The molecule has 1 atom stereocenters. The highest BCUT2D eigenvalue weighted by Crippen LogP contribution is 2.49. The topological polar surface area (TPSA) is 70.1 Å². The molecule has 1 aromatic heterocycles. The molecule has 1 heterocycles. The van der Waals surface area contributed by atoms with Crippen LogP contribution in [0.3, 0.4) is 0 Å². The number of methoxy groups -OCH3 is 1. The van der Waals surface area contributed by atoms with Crippen molar-refractivity contribution in [1.82, 2.24) is 9.78 Å². The number of hydrogen-bond acceptors (Lipinski definition) is 3. The molecule has 4 aromatic rings. The fourth-order valence-electron chi connectivity index (χ4n) is 5.60. The van der Waals surface area contributed by atoms with Crippen LogP contribution < -0.4 is 10.5 Å². The van der Waals surface area contributed by atoms with E-state index < -0.39 is 5.41 Å². The Balaban J connectivity index is 1.91. The van der Waals surface area contributed by atoms with Gasteiger partial charge >= 0.3 is 0 Å². The third kappa shape index (κ3) is 3.48. The average Bonchev–Trinajstić information content (AvgIpc) is 3.26. The Morgan fingerprint density at radius 1 is 0.970 bits per heavy atom. The fraction of sp³-hybridized carbons (Fsp3) is 0.286. The number of primary amides is 1. The van der Waals surface area contributed by atoms with Crippen molar-refractivity contribution >= 4 is 16.8 Å². The molecule has 1 aliphatic carbocycles. The number of aromatic nitrogens is 2. The first-order valence-corrected chi connectivity index (χ1v) is 11.6. The number of amides is 1. The summed E-state index contributed by atoms with van der Waals surface area (Å²) in [6.45, 7) is 0. The smallest absolute Gasteiger partial charge is 0.234 e. The lowest BCUT2D eigenvalue weighted by Gasteiger charge is -2.41. The summed E-state index contributed by atoms with van der Waals surface area (Å²) in [6, 6.07) is 25.9. The molecule has 1 unspecified atom stereocenters. The highest BCUT2D eigenvalue weighted by Gasteiger charge is 2.51. The van der Waals surface area contributed by atoms with Gasteiger partial charge in [0.05, 0.1) is 24.0 Å². The molecule has 3 aromatic carbocycles. The molecular weight excluding hydrogens is 410 g/mol. The minimum absolute atomic E-state index is 0.0680. The summed E-state index contributed by atoms with van der Waals surface area (Å²) < 4.78 is 7.50. The number of nitrogens with zero attached hydrogens (tertiary/aromatic N) is 2. The van der Waals surface area contributed by atoms with E-state index >= 15 is 0 Å². The van der Waals surface area contributed by atoms with Gasteiger partial charge in [-0.25, -0.2) is 4.68 Å². The number of ether oxygens (including phenoxy) is 1. The van der Waals surface area contributed by atoms with Gasteiger partial charge in [0.25, 0.3) is 0 Å². The van der Waals surface area contributed by atoms with E-state index in [0.717, 1.165) is 53.5 Å². The largest absolute Gasteiger partial charge is 0.497 e. The Morgan fingerprint density at radius 3 is 2.42 bits per heavy atom. The molecule has 1 saturated carbocycles. The zero-order valence-corrected chi connectivity index (χ0v) is 18.9. The molecule has 5 nitrogen and oxygen atoms in total. The molecule has 0 aliphatic heterocycles. The van der Waals surface area contributed by atoms with Crippen LogP contribution in [0.15, 0.2) is 78.9 Å². The van der Waals surface area contributed by atoms with E-state index in [1.165, 1.54) is 6.42 Å². The van der Waals surface area contributed by atoms with Gasteiger partial charge in [-0.15, -0.1) is 0 Å². The third-order valence-electron chi connectivity index (χ3n) is 7.08. The predicted octanol–water partition coefficient (Wildman–Crippen LogP) is 5.39. The van der Waals surface area contributed by atoms with Gasteiger partial charge in [-0.3, -0.25) is 4.79 Å². The minimum atomic E-state index is -1.04. The summed E-state index contributed by atoms with van der Waals surface area (Å²) in [5, 5.41) is 5.92. The van der Waals surface area contributed by atoms with Gasteiger partial charge in [0.1, 0.15) is 11.2 Å². The molecule has 1 aliphatic rings. The van der Waals surface area contributed by atoms with E-state index in [1.807, 2.05) is 77.5 Å². The van der Waals surface area contributed by atoms with Crippen molar-refractivity contribution < 1.29 is 9.53 Å². The maximum Gasteiger partial charge on any atom is 0.234 e. The molecule has 2 N–H and O–H groups in total. The van der Waals surface area contributed by atoms with Gasteiger partial charge in [-0.2, -0.15) is 5.10 Å². The summed E-state index contributed by atoms with van der Waals surface area (Å²) >= 11 is 0. The van der Waals surface area contributed by atoms with Crippen molar-refractivity contribution in [3.8, 4) is 11.4 Å². The third-order valence-corrected chi connectivity index (χ3v) is 7.08. The predicted molar refractivity (Wildman–Crippen MR) is 131 cm³/mol. The monoisotopic (exact) mass is 439 g/mol. The lowest BCUT2D eigenvalue weighted by Crippen LogP contribution is -2.50. The second kappa shape index (κ2) is 8.74. The second-order valence-electron chi connectivity index (χ2n) is 8.85. The summed E-state index contributed by atoms with van der Waals surface area (Å²) in [5.74, 6) is 0.438. The van der Waals surface area contributed by atoms with E-state index in [4.69, 9.17) is 15.6 Å². The summed E-state index contributed by atoms with van der Waals surface area (Å²) in [4.78, 5) is 13.8. The summed E-state index contributed by atoms with van der Waals surface area (Å²) in [7, 11) is 1.65. The van der Waals surface area contributed by atoms with Crippen LogP contribution in [0.5, 0.6) is 5.75 Å². The van der Waals surface area contributed by atoms with Gasteiger partial charge < -0.3 is 10.5 Å². The standard InChI is InChI=1S/C28H29N3O2/c1-33-23-16-10-13-21(19-23)28(27(29)32,20-11-4-2-5-12-20)26-24-17-8-9-18-25(24)30-31(26)22-14-6-3-7-15-22/h3,6-10,13-20H,2,4-5,11-12H2,1H3,(H2,29,32). The number of rotatable bonds is 6. The molecule has 5 heteroatoms. The summed E-state index contributed by atoms with van der Waals surface area (Å²) in [5.41, 5.74) is 8.86. The van der Waals surface area contributed by atoms with Crippen LogP contribution in [0.2, 0.25) is 0 Å². The molecule has 1 amide bonds. The molecule has 1 fully saturated rings. The Labute approximate surface area is 194 Å². The van der Waals surface area contributed by atoms with E-state index in [1.54, 1.807) is 7.11 Å². The minimum Gasteiger partial charge on any atom is -0.497 e. The number of carbonyl (C=O) groups excluding carboxylic acids is 1. The number of hydrogen-bond donors (Lipinski definition) is 1. The zero-order chi connectivity index (χ0) is 22.8. The molecule has 5 rings (SSSR count). The highest BCUT2D eigenvalue weighted by atomic mass is 16.5. The van der Waals surface area contributed by atoms with Crippen LogP contribution in [0, 0.1) is 5.92 Å². The Hall–Kier alpha value is -3.60. The maximum atomic E-state index is 13.8. The SMILES string of the molecule is COc1cccc(C(C(N)=O)(c2c3ccccc3nn2-c2ccccc2)C2CCCCC2)c1. The summed E-state index contributed by atoms with van der Waals surface area (Å²) in [6.07, 6.45) is 5.23. The van der Waals surface area contributed by atoms with Crippen molar-refractivity contribution in [3.05, 3.63) is 90.1 Å². The molecule has 0 radical (unpaired) electrons. The van der Waals surface area contributed by atoms with Crippen molar-refractivity contribution in [2.75, 3.05) is 7.11 Å². The number of nitrogens with two attached hydrogens (primary N) is 1. The van der Waals surface area contributed by atoms with E-state index in [9.17, 15) is 4.79 Å². The molecule has 0 bridgehead atoms. The van der Waals surface area contributed by atoms with Crippen molar-refractivity contribution in [2.24, 2.45) is 11.7 Å². The molecule has 0 saturated heterocycles. The Bertz CT molecular complexity index is 1270. The molecule has 0 spiro atoms. The highest BCUT2D eigenvalue weighted by molar-refractivity contribution is 5.97. The van der Waals surface area contributed by atoms with Gasteiger partial charge in [-0.1, -0.05) is 67.8 Å². The lowest BCUT2D eigenvalue weighted by atomic mass is 9.62. The average molecular weight is 440 g/mol. The zero-order valence-electron chi connectivity index (χ0n) is 18.9. The number of fused-ring (bicyclic) bond motifs is 1. The molecule has 33 heavy (non-hydrogen) atoms. The normalized spacial score (nSPS) is 16.4. The first-order valence-electron chi connectivity index (χ1n) is 11.6. The second-order valence-corrected chi connectivity index (χ2v) is 8.85. The van der Waals surface area contributed by atoms with Crippen LogP contribution in [0.4, 0.5) is 0 Å². The molecule has 168 valence electrons. The van der Waals surface area contributed by atoms with Crippen molar-refractivity contribution in [3.63, 3.8) is 0 Å². The maximum absolute atomic E-state index is 13.8. The van der Waals surface area contributed by atoms with Gasteiger partial charge in [0.15, 0.2) is 0 Å². The molecular formula is C28H29N3O2. The van der Waals surface area contributed by atoms with Crippen molar-refractivity contribution in [1.29, 1.82) is 0 Å². The van der Waals surface area contributed by atoms with Crippen molar-refractivity contribution in [2.45, 2.75) is 37.5 Å². The number of para-hydroxylation sites is 1. The fourth-order valence-corrected chi connectivity index (χ4v) is 5.60. The van der Waals surface area contributed by atoms with Crippen LogP contribution in [0.1, 0.15) is 43.4 Å². The number of carbonyl (C=O) groups is 1. The first kappa shape index (κ1) is 21.3. The van der Waals surface area contributed by atoms with Gasteiger partial charge in [0, 0.05) is 5.39 Å². The van der Waals surface area contributed by atoms with Gasteiger partial charge in [-0.05, 0) is 54.7 Å².